The Morgan fingerprint density at radius 1 is 1.19 bits per heavy atom. The van der Waals surface area contributed by atoms with Gasteiger partial charge in [0.1, 0.15) is 0 Å². The van der Waals surface area contributed by atoms with Crippen molar-refractivity contribution in [2.75, 3.05) is 19.7 Å². The predicted molar refractivity (Wildman–Crippen MR) is 85.4 cm³/mol. The maximum atomic E-state index is 12.6. The van der Waals surface area contributed by atoms with Gasteiger partial charge in [0.2, 0.25) is 0 Å². The van der Waals surface area contributed by atoms with Gasteiger partial charge < -0.3 is 15.0 Å². The monoisotopic (exact) mass is 288 g/mol. The average molecular weight is 288 g/mol. The van der Waals surface area contributed by atoms with E-state index in [4.69, 9.17) is 0 Å². The highest BCUT2D eigenvalue weighted by molar-refractivity contribution is 5.98. The molecular weight excluding hydrogens is 264 g/mol. The summed E-state index contributed by atoms with van der Waals surface area (Å²) in [6.45, 7) is 3.29. The molecule has 1 aromatic carbocycles. The number of aliphatic hydroxyl groups excluding tert-OH is 1. The first-order valence-corrected chi connectivity index (χ1v) is 7.73. The molecular formula is C17H24N2O2. The summed E-state index contributed by atoms with van der Waals surface area (Å²) in [6, 6.07) is 7.64. The third kappa shape index (κ3) is 4.08. The number of hydrogen-bond donors (Lipinski definition) is 2. The van der Waals surface area contributed by atoms with Crippen molar-refractivity contribution in [3.05, 3.63) is 36.0 Å². The highest BCUT2D eigenvalue weighted by atomic mass is 16.3. The largest absolute Gasteiger partial charge is 0.395 e. The van der Waals surface area contributed by atoms with E-state index in [1.807, 2.05) is 30.5 Å². The molecule has 2 aromatic rings. The first kappa shape index (κ1) is 15.6. The zero-order valence-electron chi connectivity index (χ0n) is 12.6. The number of hydrogen-bond acceptors (Lipinski definition) is 2. The number of nitrogens with zero attached hydrogens (tertiary/aromatic N) is 1. The minimum atomic E-state index is 0.00338. The summed E-state index contributed by atoms with van der Waals surface area (Å²) in [6.07, 6.45) is 6.36. The highest BCUT2D eigenvalue weighted by Crippen LogP contribution is 2.16. The lowest BCUT2D eigenvalue weighted by atomic mass is 10.1. The van der Waals surface area contributed by atoms with Crippen LogP contribution in [0, 0.1) is 0 Å². The number of carbonyl (C=O) groups is 1. The molecule has 0 radical (unpaired) electrons. The second-order valence-electron chi connectivity index (χ2n) is 5.36. The van der Waals surface area contributed by atoms with Gasteiger partial charge in [0.15, 0.2) is 0 Å². The summed E-state index contributed by atoms with van der Waals surface area (Å²) in [7, 11) is 0. The molecule has 2 rings (SSSR count). The third-order valence-electron chi connectivity index (χ3n) is 3.74. The van der Waals surface area contributed by atoms with Crippen molar-refractivity contribution in [2.24, 2.45) is 0 Å². The minimum Gasteiger partial charge on any atom is -0.395 e. The molecule has 0 aliphatic carbocycles. The van der Waals surface area contributed by atoms with Gasteiger partial charge in [-0.05, 0) is 30.7 Å². The van der Waals surface area contributed by atoms with Gasteiger partial charge in [-0.3, -0.25) is 4.79 Å². The molecule has 0 saturated carbocycles. The van der Waals surface area contributed by atoms with Crippen molar-refractivity contribution in [1.29, 1.82) is 0 Å². The Labute approximate surface area is 125 Å². The van der Waals surface area contributed by atoms with Crippen LogP contribution in [-0.2, 0) is 0 Å². The maximum Gasteiger partial charge on any atom is 0.253 e. The van der Waals surface area contributed by atoms with Crippen LogP contribution in [0.4, 0.5) is 0 Å². The van der Waals surface area contributed by atoms with E-state index in [2.05, 4.69) is 11.9 Å². The Bertz CT molecular complexity index is 577. The molecule has 0 bridgehead atoms. The molecule has 1 heterocycles. The quantitative estimate of drug-likeness (QED) is 0.733. The molecule has 0 atom stereocenters. The number of aromatic nitrogens is 1. The third-order valence-corrected chi connectivity index (χ3v) is 3.74. The van der Waals surface area contributed by atoms with Crippen molar-refractivity contribution in [3.8, 4) is 0 Å². The molecule has 114 valence electrons. The summed E-state index contributed by atoms with van der Waals surface area (Å²) in [5, 5.41) is 10.2. The fraction of sp³-hybridized carbons (Fsp3) is 0.471. The molecule has 0 unspecified atom stereocenters. The lowest BCUT2D eigenvalue weighted by Gasteiger charge is -2.22. The van der Waals surface area contributed by atoms with Crippen molar-refractivity contribution in [2.45, 2.75) is 32.6 Å². The topological polar surface area (TPSA) is 56.3 Å². The minimum absolute atomic E-state index is 0.00338. The van der Waals surface area contributed by atoms with Crippen LogP contribution >= 0.6 is 0 Å². The van der Waals surface area contributed by atoms with Gasteiger partial charge in [0, 0.05) is 35.8 Å². The Balaban J connectivity index is 2.05. The van der Waals surface area contributed by atoms with Gasteiger partial charge in [-0.25, -0.2) is 0 Å². The van der Waals surface area contributed by atoms with Crippen molar-refractivity contribution in [3.63, 3.8) is 0 Å². The zero-order valence-corrected chi connectivity index (χ0v) is 12.6. The van der Waals surface area contributed by atoms with E-state index in [1.54, 1.807) is 4.90 Å². The van der Waals surface area contributed by atoms with Crippen LogP contribution in [0.25, 0.3) is 10.9 Å². The number of carbonyl (C=O) groups excluding carboxylic acids is 1. The normalized spacial score (nSPS) is 11.0. The molecule has 4 nitrogen and oxygen atoms in total. The number of nitrogens with one attached hydrogen (secondary N) is 1. The molecule has 2 N–H and O–H groups in total. The number of aromatic amines is 1. The van der Waals surface area contributed by atoms with Crippen LogP contribution in [0.5, 0.6) is 0 Å². The van der Waals surface area contributed by atoms with Crippen LogP contribution in [0.1, 0.15) is 43.0 Å². The van der Waals surface area contributed by atoms with E-state index in [0.717, 1.165) is 23.7 Å². The van der Waals surface area contributed by atoms with Gasteiger partial charge in [-0.2, -0.15) is 0 Å². The molecule has 1 amide bonds. The summed E-state index contributed by atoms with van der Waals surface area (Å²) in [5.74, 6) is 0.00338. The molecule has 0 spiro atoms. The lowest BCUT2D eigenvalue weighted by Crippen LogP contribution is -2.34. The van der Waals surface area contributed by atoms with Crippen LogP contribution < -0.4 is 0 Å². The first-order valence-electron chi connectivity index (χ1n) is 7.73. The maximum absolute atomic E-state index is 12.6. The number of aliphatic hydroxyl groups is 1. The molecule has 0 aliphatic heterocycles. The molecule has 0 aliphatic rings. The Hall–Kier alpha value is -1.81. The summed E-state index contributed by atoms with van der Waals surface area (Å²) >= 11 is 0. The molecule has 1 aromatic heterocycles. The second kappa shape index (κ2) is 7.84. The Morgan fingerprint density at radius 3 is 2.81 bits per heavy atom. The van der Waals surface area contributed by atoms with Crippen LogP contribution in [-0.4, -0.2) is 40.6 Å². The van der Waals surface area contributed by atoms with Gasteiger partial charge in [-0.15, -0.1) is 0 Å². The summed E-state index contributed by atoms with van der Waals surface area (Å²) in [4.78, 5) is 17.4. The van der Waals surface area contributed by atoms with Gasteiger partial charge in [0.05, 0.1) is 6.61 Å². The van der Waals surface area contributed by atoms with Crippen molar-refractivity contribution in [1.82, 2.24) is 9.88 Å². The number of unbranched alkanes of at least 4 members (excludes halogenated alkanes) is 3. The smallest absolute Gasteiger partial charge is 0.253 e. The van der Waals surface area contributed by atoms with Gasteiger partial charge in [0.25, 0.3) is 5.91 Å². The van der Waals surface area contributed by atoms with Crippen molar-refractivity contribution >= 4 is 16.8 Å². The van der Waals surface area contributed by atoms with Crippen LogP contribution in [0.15, 0.2) is 30.5 Å². The van der Waals surface area contributed by atoms with Gasteiger partial charge in [-0.1, -0.05) is 26.2 Å². The average Bonchev–Trinajstić information content (AvgIpc) is 2.97. The predicted octanol–water partition coefficient (Wildman–Crippen LogP) is 3.18. The molecule has 0 fully saturated rings. The number of benzene rings is 1. The first-order chi connectivity index (χ1) is 10.3. The zero-order chi connectivity index (χ0) is 15.1. The summed E-state index contributed by atoms with van der Waals surface area (Å²) < 4.78 is 0. The highest BCUT2D eigenvalue weighted by Gasteiger charge is 2.15. The van der Waals surface area contributed by atoms with Gasteiger partial charge >= 0.3 is 0 Å². The number of fused-ring (bicyclic) bond motifs is 1. The standard InChI is InChI=1S/C17H24N2O2/c1-2-3-4-5-10-19(11-12-20)17(21)15-6-7-16-14(13-15)8-9-18-16/h6-9,13,18,20H,2-5,10-12H2,1H3. The Morgan fingerprint density at radius 2 is 2.05 bits per heavy atom. The van der Waals surface area contributed by atoms with Crippen LogP contribution in [0.2, 0.25) is 0 Å². The number of amides is 1. The molecule has 0 saturated heterocycles. The van der Waals surface area contributed by atoms with Crippen LogP contribution in [0.3, 0.4) is 0 Å². The second-order valence-corrected chi connectivity index (χ2v) is 5.36. The molecule has 4 heteroatoms. The van der Waals surface area contributed by atoms with E-state index < -0.39 is 0 Å². The fourth-order valence-corrected chi connectivity index (χ4v) is 2.53. The van der Waals surface area contributed by atoms with E-state index in [1.165, 1.54) is 12.8 Å². The lowest BCUT2D eigenvalue weighted by molar-refractivity contribution is 0.0718. The Kier molecular flexibility index (Phi) is 5.81. The summed E-state index contributed by atoms with van der Waals surface area (Å²) in [5.41, 5.74) is 1.72. The van der Waals surface area contributed by atoms with Crippen molar-refractivity contribution < 1.29 is 9.90 Å². The fourth-order valence-electron chi connectivity index (χ4n) is 2.53. The number of rotatable bonds is 8. The van der Waals surface area contributed by atoms with E-state index in [-0.39, 0.29) is 12.5 Å². The van der Waals surface area contributed by atoms with E-state index in [0.29, 0.717) is 18.7 Å². The van der Waals surface area contributed by atoms with E-state index in [9.17, 15) is 9.90 Å². The number of H-pyrrole nitrogens is 1. The SMILES string of the molecule is CCCCCCN(CCO)C(=O)c1ccc2[nH]ccc2c1. The molecule has 21 heavy (non-hydrogen) atoms. The van der Waals surface area contributed by atoms with E-state index >= 15 is 0 Å².